The first kappa shape index (κ1) is 14.2. The third-order valence-electron chi connectivity index (χ3n) is 2.07. The van der Waals surface area contributed by atoms with Gasteiger partial charge in [0.15, 0.2) is 5.57 Å². The minimum atomic E-state index is -1.88. The van der Waals surface area contributed by atoms with Crippen LogP contribution in [0.5, 0.6) is 0 Å². The Morgan fingerprint density at radius 2 is 1.74 bits per heavy atom. The molecule has 3 N–H and O–H groups in total. The zero-order chi connectivity index (χ0) is 14.4. The van der Waals surface area contributed by atoms with E-state index < -0.39 is 18.5 Å². The molecule has 1 aromatic carbocycles. The van der Waals surface area contributed by atoms with E-state index in [2.05, 4.69) is 5.32 Å². The molecule has 8 heteroatoms. The van der Waals surface area contributed by atoms with E-state index in [1.807, 2.05) is 0 Å². The first-order chi connectivity index (χ1) is 9.01. The van der Waals surface area contributed by atoms with E-state index in [1.54, 1.807) is 6.07 Å². The number of rotatable bonds is 3. The predicted molar refractivity (Wildman–Crippen MR) is 63.7 cm³/mol. The van der Waals surface area contributed by atoms with Gasteiger partial charge in [-0.1, -0.05) is 0 Å². The van der Waals surface area contributed by atoms with E-state index in [1.165, 1.54) is 18.2 Å². The van der Waals surface area contributed by atoms with Crippen molar-refractivity contribution in [2.75, 3.05) is 5.32 Å². The van der Waals surface area contributed by atoms with Gasteiger partial charge >= 0.3 is 7.12 Å². The molecule has 92 valence electrons. The van der Waals surface area contributed by atoms with Crippen molar-refractivity contribution in [3.05, 3.63) is 35.3 Å². The zero-order valence-electron chi connectivity index (χ0n) is 9.42. The molecule has 0 fully saturated rings. The molecule has 1 aromatic rings. The molecule has 0 aliphatic heterocycles. The second-order valence-electron chi connectivity index (χ2n) is 3.36. The van der Waals surface area contributed by atoms with Gasteiger partial charge in [0, 0.05) is 5.69 Å². The highest BCUT2D eigenvalue weighted by molar-refractivity contribution is 6.58. The Labute approximate surface area is 108 Å². The van der Waals surface area contributed by atoms with E-state index in [4.69, 9.17) is 25.8 Å². The summed E-state index contributed by atoms with van der Waals surface area (Å²) >= 11 is 0. The van der Waals surface area contributed by atoms with Crippen LogP contribution in [-0.4, -0.2) is 17.2 Å². The standard InChI is InChI=1S/C11H6BFN4O2/c13-9-1-8(12(18)19)2-10(3-9)17-11(6-16)7(4-14)5-15/h1-3,17-19H. The van der Waals surface area contributed by atoms with Gasteiger partial charge in [0.25, 0.3) is 0 Å². The van der Waals surface area contributed by atoms with Gasteiger partial charge in [-0.25, -0.2) is 4.39 Å². The third-order valence-corrected chi connectivity index (χ3v) is 2.07. The van der Waals surface area contributed by atoms with Gasteiger partial charge in [0.1, 0.15) is 29.7 Å². The minimum Gasteiger partial charge on any atom is -0.423 e. The van der Waals surface area contributed by atoms with E-state index in [0.717, 1.165) is 12.1 Å². The van der Waals surface area contributed by atoms with Gasteiger partial charge in [0.05, 0.1) is 0 Å². The molecule has 0 aliphatic rings. The van der Waals surface area contributed by atoms with Crippen LogP contribution in [0.2, 0.25) is 0 Å². The Hall–Kier alpha value is -2.86. The summed E-state index contributed by atoms with van der Waals surface area (Å²) in [7, 11) is -1.88. The van der Waals surface area contributed by atoms with Gasteiger partial charge in [-0.05, 0) is 23.7 Å². The van der Waals surface area contributed by atoms with Gasteiger partial charge in [0.2, 0.25) is 0 Å². The summed E-state index contributed by atoms with van der Waals surface area (Å²) < 4.78 is 13.2. The number of hydrogen-bond donors (Lipinski definition) is 3. The number of hydrogen-bond acceptors (Lipinski definition) is 6. The van der Waals surface area contributed by atoms with Crippen LogP contribution in [0, 0.1) is 39.8 Å². The summed E-state index contributed by atoms with van der Waals surface area (Å²) in [4.78, 5) is 0. The lowest BCUT2D eigenvalue weighted by Gasteiger charge is -2.07. The zero-order valence-corrected chi connectivity index (χ0v) is 9.42. The highest BCUT2D eigenvalue weighted by Crippen LogP contribution is 2.13. The van der Waals surface area contributed by atoms with Crippen molar-refractivity contribution in [3.63, 3.8) is 0 Å². The van der Waals surface area contributed by atoms with Crippen LogP contribution in [0.4, 0.5) is 10.1 Å². The molecule has 0 bridgehead atoms. The van der Waals surface area contributed by atoms with Crippen molar-refractivity contribution in [2.45, 2.75) is 0 Å². The third kappa shape index (κ3) is 3.55. The normalized spacial score (nSPS) is 8.63. The molecule has 0 saturated carbocycles. The Morgan fingerprint density at radius 1 is 1.11 bits per heavy atom. The fourth-order valence-electron chi connectivity index (χ4n) is 1.26. The van der Waals surface area contributed by atoms with Crippen LogP contribution >= 0.6 is 0 Å². The minimum absolute atomic E-state index is 0.0163. The van der Waals surface area contributed by atoms with Crippen molar-refractivity contribution in [1.29, 1.82) is 15.8 Å². The number of nitrogens with one attached hydrogen (secondary N) is 1. The van der Waals surface area contributed by atoms with Crippen LogP contribution < -0.4 is 10.8 Å². The topological polar surface area (TPSA) is 124 Å². The van der Waals surface area contributed by atoms with Gasteiger partial charge in [-0.15, -0.1) is 0 Å². The number of benzene rings is 1. The average Bonchev–Trinajstić information content (AvgIpc) is 2.38. The smallest absolute Gasteiger partial charge is 0.423 e. The summed E-state index contributed by atoms with van der Waals surface area (Å²) in [5, 5.41) is 46.3. The summed E-state index contributed by atoms with van der Waals surface area (Å²) in [5.74, 6) is -0.763. The van der Waals surface area contributed by atoms with Crippen LogP contribution in [0.1, 0.15) is 0 Å². The van der Waals surface area contributed by atoms with Crippen LogP contribution in [0.3, 0.4) is 0 Å². The fourth-order valence-corrected chi connectivity index (χ4v) is 1.26. The van der Waals surface area contributed by atoms with Crippen LogP contribution in [0.15, 0.2) is 29.5 Å². The van der Waals surface area contributed by atoms with Crippen molar-refractivity contribution in [3.8, 4) is 18.2 Å². The Kier molecular flexibility index (Phi) is 4.62. The number of nitrogens with zero attached hydrogens (tertiary/aromatic N) is 3. The molecule has 6 nitrogen and oxygen atoms in total. The predicted octanol–water partition coefficient (Wildman–Crippen LogP) is -0.258. The van der Waals surface area contributed by atoms with Crippen molar-refractivity contribution in [2.24, 2.45) is 0 Å². The van der Waals surface area contributed by atoms with Gasteiger partial charge in [-0.2, -0.15) is 15.8 Å². The number of nitriles is 3. The maximum Gasteiger partial charge on any atom is 0.488 e. The monoisotopic (exact) mass is 256 g/mol. The molecular formula is C11H6BFN4O2. The van der Waals surface area contributed by atoms with E-state index in [0.29, 0.717) is 0 Å². The number of anilines is 1. The van der Waals surface area contributed by atoms with E-state index >= 15 is 0 Å². The highest BCUT2D eigenvalue weighted by atomic mass is 19.1. The van der Waals surface area contributed by atoms with E-state index in [-0.39, 0.29) is 16.8 Å². The van der Waals surface area contributed by atoms with Crippen LogP contribution in [-0.2, 0) is 0 Å². The maximum absolute atomic E-state index is 13.2. The summed E-state index contributed by atoms with van der Waals surface area (Å²) in [6, 6.07) is 7.69. The fraction of sp³-hybridized carbons (Fsp3) is 0. The van der Waals surface area contributed by atoms with Gasteiger partial charge < -0.3 is 15.4 Å². The van der Waals surface area contributed by atoms with Crippen molar-refractivity contribution in [1.82, 2.24) is 0 Å². The molecule has 0 aliphatic carbocycles. The lowest BCUT2D eigenvalue weighted by Crippen LogP contribution is -2.30. The Bertz CT molecular complexity index is 636. The molecular weight excluding hydrogens is 250 g/mol. The van der Waals surface area contributed by atoms with E-state index in [9.17, 15) is 4.39 Å². The van der Waals surface area contributed by atoms with Crippen LogP contribution in [0.25, 0.3) is 0 Å². The first-order valence-corrected chi connectivity index (χ1v) is 4.90. The largest absolute Gasteiger partial charge is 0.488 e. The lowest BCUT2D eigenvalue weighted by atomic mass is 9.80. The SMILES string of the molecule is N#CC(C#N)=C(C#N)Nc1cc(F)cc(B(O)O)c1. The molecule has 0 heterocycles. The second-order valence-corrected chi connectivity index (χ2v) is 3.36. The Balaban J connectivity index is 3.21. The Morgan fingerprint density at radius 3 is 2.21 bits per heavy atom. The van der Waals surface area contributed by atoms with Crippen molar-refractivity contribution >= 4 is 18.3 Å². The molecule has 1 rings (SSSR count). The molecule has 19 heavy (non-hydrogen) atoms. The molecule has 0 saturated heterocycles. The molecule has 0 aromatic heterocycles. The lowest BCUT2D eigenvalue weighted by molar-refractivity contribution is 0.425. The molecule has 0 unspecified atom stereocenters. The second kappa shape index (κ2) is 6.18. The highest BCUT2D eigenvalue weighted by Gasteiger charge is 2.14. The molecule has 0 amide bonds. The average molecular weight is 256 g/mol. The number of allylic oxidation sites excluding steroid dienone is 2. The quantitative estimate of drug-likeness (QED) is 0.505. The van der Waals surface area contributed by atoms with Crippen molar-refractivity contribution < 1.29 is 14.4 Å². The first-order valence-electron chi connectivity index (χ1n) is 4.90. The number of halogens is 1. The summed E-state index contributed by atoms with van der Waals surface area (Å²) in [5.41, 5.74) is -0.926. The molecule has 0 radical (unpaired) electrons. The summed E-state index contributed by atoms with van der Waals surface area (Å²) in [6.45, 7) is 0. The summed E-state index contributed by atoms with van der Waals surface area (Å²) in [6.07, 6.45) is 0. The molecule has 0 atom stereocenters. The maximum atomic E-state index is 13.2. The molecule has 0 spiro atoms. The van der Waals surface area contributed by atoms with Gasteiger partial charge in [-0.3, -0.25) is 0 Å².